The van der Waals surface area contributed by atoms with E-state index >= 15 is 0 Å². The number of amides is 2. The van der Waals surface area contributed by atoms with Gasteiger partial charge in [0, 0.05) is 38.3 Å². The van der Waals surface area contributed by atoms with Crippen LogP contribution in [0.1, 0.15) is 43.0 Å². The first-order valence-electron chi connectivity index (χ1n) is 14.0. The van der Waals surface area contributed by atoms with Crippen molar-refractivity contribution in [3.63, 3.8) is 0 Å². The number of rotatable bonds is 5. The van der Waals surface area contributed by atoms with Crippen LogP contribution < -0.4 is 4.90 Å². The lowest BCUT2D eigenvalue weighted by Crippen LogP contribution is -2.48. The Morgan fingerprint density at radius 2 is 1.51 bits per heavy atom. The Bertz CT molecular complexity index is 1640. The van der Waals surface area contributed by atoms with Gasteiger partial charge in [0.2, 0.25) is 0 Å². The second-order valence-corrected chi connectivity index (χ2v) is 12.2. The van der Waals surface area contributed by atoms with Gasteiger partial charge in [0.25, 0.3) is 11.8 Å². The second kappa shape index (κ2) is 11.4. The summed E-state index contributed by atoms with van der Waals surface area (Å²) in [5.74, 6) is -0.286. The number of benzene rings is 4. The van der Waals surface area contributed by atoms with Crippen molar-refractivity contribution in [1.82, 2.24) is 9.80 Å². The normalized spacial score (nSPS) is 17.1. The molecule has 7 heteroatoms. The third-order valence-electron chi connectivity index (χ3n) is 8.00. The zero-order chi connectivity index (χ0) is 28.5. The highest BCUT2D eigenvalue weighted by atomic mass is 32.2. The van der Waals surface area contributed by atoms with Gasteiger partial charge in [-0.05, 0) is 60.9 Å². The zero-order valence-corrected chi connectivity index (χ0v) is 24.2. The lowest BCUT2D eigenvalue weighted by Gasteiger charge is -2.35. The topological polar surface area (TPSA) is 60.9 Å². The van der Waals surface area contributed by atoms with E-state index in [2.05, 4.69) is 35.2 Å². The number of anilines is 1. The molecule has 4 aromatic carbocycles. The molecule has 1 atom stereocenters. The van der Waals surface area contributed by atoms with Crippen molar-refractivity contribution in [2.24, 2.45) is 0 Å². The molecule has 2 aliphatic heterocycles. The fourth-order valence-corrected chi connectivity index (χ4v) is 6.97. The van der Waals surface area contributed by atoms with Gasteiger partial charge in [-0.25, -0.2) is 4.21 Å². The molecule has 0 N–H and O–H groups in total. The Morgan fingerprint density at radius 1 is 0.780 bits per heavy atom. The first-order valence-corrected chi connectivity index (χ1v) is 15.1. The van der Waals surface area contributed by atoms with Crippen molar-refractivity contribution in [3.8, 4) is 0 Å². The lowest BCUT2D eigenvalue weighted by atomic mass is 10.0. The quantitative estimate of drug-likeness (QED) is 0.318. The van der Waals surface area contributed by atoms with Gasteiger partial charge in [-0.15, -0.1) is 0 Å². The van der Waals surface area contributed by atoms with Crippen molar-refractivity contribution in [2.75, 3.05) is 31.1 Å². The summed E-state index contributed by atoms with van der Waals surface area (Å²) in [6, 6.07) is 28.9. The van der Waals surface area contributed by atoms with Crippen LogP contribution in [0.3, 0.4) is 0 Å². The van der Waals surface area contributed by atoms with Crippen molar-refractivity contribution in [2.45, 2.75) is 36.7 Å². The number of aryl methyl sites for hydroxylation is 2. The van der Waals surface area contributed by atoms with Gasteiger partial charge in [-0.1, -0.05) is 66.2 Å². The molecule has 4 aromatic rings. The summed E-state index contributed by atoms with van der Waals surface area (Å²) in [5.41, 5.74) is 5.91. The van der Waals surface area contributed by atoms with Gasteiger partial charge in [0.15, 0.2) is 0 Å². The SMILES string of the molecule is Cc1ccc(C)c(CN2C(=O)c3ccccc3[S@](=O)c3ccc(C(=O)N4CCN(Cc5ccccc5)CC4)cc32)c1. The first-order chi connectivity index (χ1) is 19.9. The van der Waals surface area contributed by atoms with E-state index < -0.39 is 10.8 Å². The molecule has 1 saturated heterocycles. The highest BCUT2D eigenvalue weighted by Crippen LogP contribution is 2.36. The van der Waals surface area contributed by atoms with E-state index in [1.54, 1.807) is 47.4 Å². The third-order valence-corrected chi connectivity index (χ3v) is 9.50. The molecular weight excluding hydrogens is 530 g/mol. The maximum atomic E-state index is 14.0. The summed E-state index contributed by atoms with van der Waals surface area (Å²) in [5, 5.41) is 0. The van der Waals surface area contributed by atoms with Crippen LogP contribution in [-0.2, 0) is 23.9 Å². The summed E-state index contributed by atoms with van der Waals surface area (Å²) in [7, 11) is -1.56. The molecule has 0 radical (unpaired) electrons. The van der Waals surface area contributed by atoms with Gasteiger partial charge >= 0.3 is 0 Å². The number of carbonyl (C=O) groups excluding carboxylic acids is 2. The minimum Gasteiger partial charge on any atom is -0.336 e. The van der Waals surface area contributed by atoms with Crippen LogP contribution in [0.2, 0.25) is 0 Å². The minimum absolute atomic E-state index is 0.0705. The monoisotopic (exact) mass is 563 g/mol. The summed E-state index contributed by atoms with van der Waals surface area (Å²) >= 11 is 0. The molecular formula is C34H33N3O3S. The molecule has 208 valence electrons. The van der Waals surface area contributed by atoms with E-state index in [1.807, 2.05) is 36.9 Å². The molecule has 2 aliphatic rings. The molecule has 2 amide bonds. The number of piperazine rings is 1. The number of carbonyl (C=O) groups is 2. The van der Waals surface area contributed by atoms with Gasteiger partial charge in [0.1, 0.15) is 0 Å². The van der Waals surface area contributed by atoms with Gasteiger partial charge < -0.3 is 9.80 Å². The van der Waals surface area contributed by atoms with Crippen LogP contribution in [0, 0.1) is 13.8 Å². The molecule has 0 spiro atoms. The summed E-state index contributed by atoms with van der Waals surface area (Å²) < 4.78 is 13.8. The number of hydrogen-bond donors (Lipinski definition) is 0. The third kappa shape index (κ3) is 5.47. The lowest BCUT2D eigenvalue weighted by molar-refractivity contribution is 0.0628. The average Bonchev–Trinajstić information content (AvgIpc) is 3.08. The summed E-state index contributed by atoms with van der Waals surface area (Å²) in [6.45, 7) is 8.09. The smallest absolute Gasteiger partial charge is 0.259 e. The van der Waals surface area contributed by atoms with Crippen LogP contribution in [0.15, 0.2) is 101 Å². The fraction of sp³-hybridized carbons (Fsp3) is 0.235. The van der Waals surface area contributed by atoms with Crippen molar-refractivity contribution in [1.29, 1.82) is 0 Å². The maximum Gasteiger partial charge on any atom is 0.259 e. The molecule has 0 aliphatic carbocycles. The van der Waals surface area contributed by atoms with Crippen LogP contribution in [0.5, 0.6) is 0 Å². The standard InChI is InChI=1S/C34H33N3O3S/c1-24-12-13-25(2)28(20-24)23-37-30-21-27(14-15-32(30)41(40)31-11-7-6-10-29(31)34(37)39)33(38)36-18-16-35(17-19-36)22-26-8-4-3-5-9-26/h3-15,20-21H,16-19,22-23H2,1-2H3/t41-/m0/s1. The van der Waals surface area contributed by atoms with Gasteiger partial charge in [0.05, 0.1) is 38.4 Å². The van der Waals surface area contributed by atoms with Crippen LogP contribution in [0.4, 0.5) is 5.69 Å². The van der Waals surface area contributed by atoms with E-state index in [0.29, 0.717) is 46.2 Å². The molecule has 6 rings (SSSR count). The van der Waals surface area contributed by atoms with Gasteiger partial charge in [-0.2, -0.15) is 0 Å². The molecule has 2 heterocycles. The molecule has 1 fully saturated rings. The Balaban J connectivity index is 1.31. The van der Waals surface area contributed by atoms with Crippen molar-refractivity contribution < 1.29 is 13.8 Å². The predicted octanol–water partition coefficient (Wildman–Crippen LogP) is 5.59. The van der Waals surface area contributed by atoms with Crippen molar-refractivity contribution in [3.05, 3.63) is 124 Å². The number of nitrogens with zero attached hydrogens (tertiary/aromatic N) is 3. The van der Waals surface area contributed by atoms with Crippen molar-refractivity contribution >= 4 is 28.3 Å². The summed E-state index contributed by atoms with van der Waals surface area (Å²) in [4.78, 5) is 34.7. The maximum absolute atomic E-state index is 14.0. The van der Waals surface area contributed by atoms with E-state index in [9.17, 15) is 13.8 Å². The predicted molar refractivity (Wildman–Crippen MR) is 162 cm³/mol. The van der Waals surface area contributed by atoms with E-state index in [1.165, 1.54) is 5.56 Å². The minimum atomic E-state index is -1.56. The van der Waals surface area contributed by atoms with Gasteiger partial charge in [-0.3, -0.25) is 14.5 Å². The second-order valence-electron chi connectivity index (χ2n) is 10.8. The molecule has 0 bridgehead atoms. The number of hydrogen-bond acceptors (Lipinski definition) is 4. The summed E-state index contributed by atoms with van der Waals surface area (Å²) in [6.07, 6.45) is 0. The highest BCUT2D eigenvalue weighted by Gasteiger charge is 2.32. The molecule has 0 aromatic heterocycles. The Labute approximate surface area is 243 Å². The Hall–Kier alpha value is -4.07. The Morgan fingerprint density at radius 3 is 2.29 bits per heavy atom. The Kier molecular flexibility index (Phi) is 7.56. The molecule has 6 nitrogen and oxygen atoms in total. The van der Waals surface area contributed by atoms with Crippen LogP contribution in [-0.4, -0.2) is 52.0 Å². The molecule has 0 saturated carbocycles. The van der Waals surface area contributed by atoms with E-state index in [4.69, 9.17) is 0 Å². The zero-order valence-electron chi connectivity index (χ0n) is 23.4. The molecule has 41 heavy (non-hydrogen) atoms. The molecule has 0 unspecified atom stereocenters. The van der Waals surface area contributed by atoms with Crippen LogP contribution in [0.25, 0.3) is 0 Å². The van der Waals surface area contributed by atoms with E-state index in [0.717, 1.165) is 36.3 Å². The fourth-order valence-electron chi connectivity index (χ4n) is 5.63. The number of fused-ring (bicyclic) bond motifs is 2. The van der Waals surface area contributed by atoms with E-state index in [-0.39, 0.29) is 11.8 Å². The highest BCUT2D eigenvalue weighted by molar-refractivity contribution is 7.85. The van der Waals surface area contributed by atoms with Crippen LogP contribution >= 0.6 is 0 Å². The first kappa shape index (κ1) is 27.1. The average molecular weight is 564 g/mol. The largest absolute Gasteiger partial charge is 0.336 e.